The van der Waals surface area contributed by atoms with E-state index in [2.05, 4.69) is 5.92 Å². The number of benzene rings is 1. The van der Waals surface area contributed by atoms with Gasteiger partial charge in [0.05, 0.1) is 29.2 Å². The lowest BCUT2D eigenvalue weighted by Gasteiger charge is -2.05. The minimum absolute atomic E-state index is 0. The summed E-state index contributed by atoms with van der Waals surface area (Å²) in [6, 6.07) is 14.8. The molecule has 0 spiro atoms. The molecule has 0 aliphatic rings. The van der Waals surface area contributed by atoms with E-state index in [1.165, 1.54) is 23.1 Å². The van der Waals surface area contributed by atoms with E-state index in [0.717, 1.165) is 9.90 Å². The molecule has 30 heavy (non-hydrogen) atoms. The molecular formula is C23H20INO3S2. The van der Waals surface area contributed by atoms with Crippen LogP contribution in [-0.4, -0.2) is 24.1 Å². The highest BCUT2D eigenvalue weighted by Crippen LogP contribution is 2.38. The van der Waals surface area contributed by atoms with Gasteiger partial charge >= 0.3 is 5.97 Å². The topological polar surface area (TPSA) is 47.3 Å². The summed E-state index contributed by atoms with van der Waals surface area (Å²) in [6.45, 7) is 2.06. The van der Waals surface area contributed by atoms with Crippen LogP contribution in [0, 0.1) is 12.3 Å². The van der Waals surface area contributed by atoms with E-state index in [0.29, 0.717) is 21.8 Å². The molecule has 0 fully saturated rings. The lowest BCUT2D eigenvalue weighted by Crippen LogP contribution is -3.00. The highest BCUT2D eigenvalue weighted by atomic mass is 127. The summed E-state index contributed by atoms with van der Waals surface area (Å²) in [5.74, 6) is 2.63. The van der Waals surface area contributed by atoms with Crippen molar-refractivity contribution in [1.29, 1.82) is 0 Å². The molecule has 4 nitrogen and oxygen atoms in total. The van der Waals surface area contributed by atoms with Crippen LogP contribution in [0.4, 0.5) is 0 Å². The summed E-state index contributed by atoms with van der Waals surface area (Å²) in [4.78, 5) is 26.2. The number of terminal acetylenes is 1. The van der Waals surface area contributed by atoms with Gasteiger partial charge in [0.2, 0.25) is 11.5 Å². The van der Waals surface area contributed by atoms with E-state index in [-0.39, 0.29) is 48.8 Å². The summed E-state index contributed by atoms with van der Waals surface area (Å²) in [7, 11) is 0. The first-order valence-electron chi connectivity index (χ1n) is 9.09. The number of esters is 1. The highest BCUT2D eigenvalue weighted by Gasteiger charge is 2.31. The van der Waals surface area contributed by atoms with E-state index < -0.39 is 0 Å². The molecule has 0 aliphatic carbocycles. The number of aromatic nitrogens is 1. The molecule has 0 amide bonds. The van der Waals surface area contributed by atoms with Gasteiger partial charge in [0.1, 0.15) is 4.21 Å². The van der Waals surface area contributed by atoms with E-state index in [9.17, 15) is 9.59 Å². The molecule has 0 saturated carbocycles. The van der Waals surface area contributed by atoms with Crippen LogP contribution in [0.2, 0.25) is 0 Å². The van der Waals surface area contributed by atoms with Gasteiger partial charge in [-0.05, 0) is 6.92 Å². The van der Waals surface area contributed by atoms with Crippen molar-refractivity contribution >= 4 is 34.9 Å². The Morgan fingerprint density at radius 1 is 1.13 bits per heavy atom. The number of halogens is 1. The molecule has 2 heterocycles. The van der Waals surface area contributed by atoms with Crippen molar-refractivity contribution < 1.29 is 42.9 Å². The quantitative estimate of drug-likeness (QED) is 0.106. The van der Waals surface area contributed by atoms with Gasteiger partial charge in [0.15, 0.2) is 12.4 Å². The fourth-order valence-electron chi connectivity index (χ4n) is 2.87. The van der Waals surface area contributed by atoms with Gasteiger partial charge in [-0.1, -0.05) is 54.1 Å². The fraction of sp³-hybridized carbons (Fsp3) is 0.174. The lowest BCUT2D eigenvalue weighted by atomic mass is 10.0. The fourth-order valence-corrected chi connectivity index (χ4v) is 5.13. The van der Waals surface area contributed by atoms with Gasteiger partial charge < -0.3 is 28.7 Å². The first-order valence-corrected chi connectivity index (χ1v) is 10.9. The second-order valence-electron chi connectivity index (χ2n) is 6.00. The van der Waals surface area contributed by atoms with Gasteiger partial charge in [-0.3, -0.25) is 9.59 Å². The molecule has 154 valence electrons. The summed E-state index contributed by atoms with van der Waals surface area (Å²) in [5, 5.41) is 0. The Labute approximate surface area is 201 Å². The van der Waals surface area contributed by atoms with Crippen molar-refractivity contribution in [2.45, 2.75) is 17.6 Å². The summed E-state index contributed by atoms with van der Waals surface area (Å²) < 4.78 is 8.00. The smallest absolute Gasteiger partial charge is 0.310 e. The van der Waals surface area contributed by atoms with Crippen LogP contribution in [-0.2, 0) is 16.0 Å². The Morgan fingerprint density at radius 3 is 2.43 bits per heavy atom. The van der Waals surface area contributed by atoms with Crippen molar-refractivity contribution in [3.05, 3.63) is 76.9 Å². The Balaban J connectivity index is 0.00000320. The van der Waals surface area contributed by atoms with Crippen LogP contribution < -0.4 is 28.5 Å². The van der Waals surface area contributed by atoms with E-state index >= 15 is 0 Å². The monoisotopic (exact) mass is 549 g/mol. The Hall–Kier alpha value is -2.15. The zero-order valence-electron chi connectivity index (χ0n) is 16.3. The first kappa shape index (κ1) is 24.1. The molecule has 7 heteroatoms. The number of thiophene rings is 1. The zero-order chi connectivity index (χ0) is 20.6. The van der Waals surface area contributed by atoms with Crippen LogP contribution >= 0.6 is 23.1 Å². The second kappa shape index (κ2) is 11.9. The van der Waals surface area contributed by atoms with Crippen molar-refractivity contribution in [3.8, 4) is 18.0 Å². The number of pyridine rings is 1. The van der Waals surface area contributed by atoms with Crippen molar-refractivity contribution in [1.82, 2.24) is 0 Å². The molecule has 1 aromatic carbocycles. The van der Waals surface area contributed by atoms with Gasteiger partial charge in [-0.2, -0.15) is 4.57 Å². The number of ketones is 1. The highest BCUT2D eigenvalue weighted by molar-refractivity contribution is 8.01. The Morgan fingerprint density at radius 2 is 1.80 bits per heavy atom. The average molecular weight is 549 g/mol. The van der Waals surface area contributed by atoms with Gasteiger partial charge in [0.25, 0.3) is 0 Å². The molecule has 2 aromatic heterocycles. The van der Waals surface area contributed by atoms with Crippen LogP contribution in [0.25, 0.3) is 5.69 Å². The molecular weight excluding hydrogens is 529 g/mol. The standard InChI is InChI=1S/C23H20NO3S2.HI/c1-3-15-28-23-20(24-13-9-6-10-14-24)18(16-19(25)27-4-2)22(29-23)21(26)17-11-7-5-8-12-17;/h1,5-14H,4,15-16H2,2H3;1H/q+1;/p-1. The minimum atomic E-state index is -0.362. The lowest BCUT2D eigenvalue weighted by molar-refractivity contribution is -0.598. The number of nitrogens with zero attached hydrogens (tertiary/aromatic N) is 1. The Bertz CT molecular complexity index is 1040. The molecule has 3 rings (SSSR count). The molecule has 0 aliphatic heterocycles. The maximum Gasteiger partial charge on any atom is 0.310 e. The third kappa shape index (κ3) is 5.72. The second-order valence-corrected chi connectivity index (χ2v) is 8.26. The average Bonchev–Trinajstić information content (AvgIpc) is 3.11. The van der Waals surface area contributed by atoms with E-state index in [1.807, 2.05) is 53.4 Å². The number of rotatable bonds is 8. The third-order valence-electron chi connectivity index (χ3n) is 4.08. The Kier molecular flexibility index (Phi) is 9.56. The third-order valence-corrected chi connectivity index (χ3v) is 6.46. The number of carbonyl (C=O) groups is 2. The predicted octanol–water partition coefficient (Wildman–Crippen LogP) is 1.09. The largest absolute Gasteiger partial charge is 1.00 e. The number of ether oxygens (including phenoxy) is 1. The predicted molar refractivity (Wildman–Crippen MR) is 116 cm³/mol. The van der Waals surface area contributed by atoms with Crippen molar-refractivity contribution in [2.75, 3.05) is 12.4 Å². The molecule has 0 N–H and O–H groups in total. The molecule has 3 aromatic rings. The summed E-state index contributed by atoms with van der Waals surface area (Å²) in [5.41, 5.74) is 2.05. The molecule has 0 saturated heterocycles. The van der Waals surface area contributed by atoms with Crippen LogP contribution in [0.5, 0.6) is 0 Å². The normalized spacial score (nSPS) is 10.0. The number of thioether (sulfide) groups is 1. The molecule has 0 atom stereocenters. The van der Waals surface area contributed by atoms with Crippen LogP contribution in [0.15, 0.2) is 65.1 Å². The number of hydrogen-bond donors (Lipinski definition) is 0. The van der Waals surface area contributed by atoms with Crippen LogP contribution in [0.1, 0.15) is 27.7 Å². The maximum atomic E-state index is 13.3. The number of hydrogen-bond acceptors (Lipinski definition) is 5. The maximum absolute atomic E-state index is 13.3. The van der Waals surface area contributed by atoms with Gasteiger partial charge in [0, 0.05) is 17.7 Å². The van der Waals surface area contributed by atoms with Crippen LogP contribution in [0.3, 0.4) is 0 Å². The van der Waals surface area contributed by atoms with Crippen molar-refractivity contribution in [3.63, 3.8) is 0 Å². The zero-order valence-corrected chi connectivity index (χ0v) is 20.1. The van der Waals surface area contributed by atoms with Gasteiger partial charge in [-0.25, -0.2) is 0 Å². The molecule has 0 bridgehead atoms. The SMILES string of the molecule is C#CCSc1sc(C(=O)c2ccccc2)c(CC(=O)OCC)c1-[n+]1ccccc1.[I-]. The van der Waals surface area contributed by atoms with Gasteiger partial charge in [-0.15, -0.1) is 17.8 Å². The summed E-state index contributed by atoms with van der Waals surface area (Å²) >= 11 is 2.86. The van der Waals surface area contributed by atoms with Crippen molar-refractivity contribution in [2.24, 2.45) is 0 Å². The van der Waals surface area contributed by atoms with E-state index in [1.54, 1.807) is 19.1 Å². The first-order chi connectivity index (χ1) is 14.2. The minimum Gasteiger partial charge on any atom is -1.00 e. The number of carbonyl (C=O) groups excluding carboxylic acids is 2. The summed E-state index contributed by atoms with van der Waals surface area (Å²) in [6.07, 6.45) is 9.28. The molecule has 0 radical (unpaired) electrons. The molecule has 0 unspecified atom stereocenters. The van der Waals surface area contributed by atoms with E-state index in [4.69, 9.17) is 11.2 Å².